The van der Waals surface area contributed by atoms with Gasteiger partial charge in [0.1, 0.15) is 0 Å². The Morgan fingerprint density at radius 3 is 2.62 bits per heavy atom. The van der Waals surface area contributed by atoms with E-state index in [9.17, 15) is 0 Å². The fourth-order valence-corrected chi connectivity index (χ4v) is 4.44. The average Bonchev–Trinajstić information content (AvgIpc) is 2.73. The average molecular weight is 417 g/mol. The molecule has 158 valence electrons. The molecule has 0 amide bonds. The maximum atomic E-state index is 5.99. The fraction of sp³-hybridized carbons (Fsp3) is 0.500. The highest BCUT2D eigenvalue weighted by Crippen LogP contribution is 2.31. The summed E-state index contributed by atoms with van der Waals surface area (Å²) in [4.78, 5) is 5.02. The first-order valence-electron chi connectivity index (χ1n) is 10.4. The van der Waals surface area contributed by atoms with Crippen molar-refractivity contribution in [2.24, 2.45) is 5.92 Å². The summed E-state index contributed by atoms with van der Waals surface area (Å²) in [6, 6.07) is 14.3. The van der Waals surface area contributed by atoms with Crippen molar-refractivity contribution in [3.05, 3.63) is 58.6 Å². The highest BCUT2D eigenvalue weighted by Gasteiger charge is 2.21. The van der Waals surface area contributed by atoms with Crippen LogP contribution in [0.2, 0.25) is 5.02 Å². The van der Waals surface area contributed by atoms with E-state index in [0.717, 1.165) is 42.6 Å². The van der Waals surface area contributed by atoms with Crippen molar-refractivity contribution in [1.82, 2.24) is 9.80 Å². The second-order valence-corrected chi connectivity index (χ2v) is 8.47. The van der Waals surface area contributed by atoms with Gasteiger partial charge in [0, 0.05) is 36.8 Å². The summed E-state index contributed by atoms with van der Waals surface area (Å²) < 4.78 is 11.0. The minimum Gasteiger partial charge on any atom is -0.493 e. The first-order chi connectivity index (χ1) is 14.1. The zero-order valence-electron chi connectivity index (χ0n) is 17.9. The molecule has 0 N–H and O–H groups in total. The van der Waals surface area contributed by atoms with Gasteiger partial charge in [-0.3, -0.25) is 0 Å². The molecule has 29 heavy (non-hydrogen) atoms. The maximum Gasteiger partial charge on any atom is 0.165 e. The lowest BCUT2D eigenvalue weighted by molar-refractivity contribution is 0.142. The second kappa shape index (κ2) is 10.9. The molecule has 0 saturated carbocycles. The molecule has 3 rings (SSSR count). The van der Waals surface area contributed by atoms with Crippen LogP contribution in [0.1, 0.15) is 24.0 Å². The van der Waals surface area contributed by atoms with Crippen LogP contribution in [0.5, 0.6) is 11.5 Å². The smallest absolute Gasteiger partial charge is 0.165 e. The lowest BCUT2D eigenvalue weighted by atomic mass is 9.97. The third-order valence-corrected chi connectivity index (χ3v) is 5.98. The van der Waals surface area contributed by atoms with Gasteiger partial charge in [-0.05, 0) is 62.5 Å². The molecule has 0 radical (unpaired) electrons. The largest absolute Gasteiger partial charge is 0.493 e. The topological polar surface area (TPSA) is 24.9 Å². The molecule has 1 fully saturated rings. The van der Waals surface area contributed by atoms with E-state index >= 15 is 0 Å². The Bertz CT molecular complexity index is 766. The molecule has 1 aliphatic rings. The molecule has 0 bridgehead atoms. The Kier molecular flexibility index (Phi) is 8.22. The predicted octanol–water partition coefficient (Wildman–Crippen LogP) is 4.74. The molecular formula is C24H33ClN2O2. The van der Waals surface area contributed by atoms with Crippen LogP contribution in [-0.4, -0.2) is 57.2 Å². The van der Waals surface area contributed by atoms with E-state index in [1.165, 1.54) is 37.1 Å². The van der Waals surface area contributed by atoms with Crippen LogP contribution in [0.25, 0.3) is 0 Å². The van der Waals surface area contributed by atoms with Crippen LogP contribution in [0.4, 0.5) is 0 Å². The Morgan fingerprint density at radius 1 is 1.10 bits per heavy atom. The van der Waals surface area contributed by atoms with Gasteiger partial charge in [-0.1, -0.05) is 35.9 Å². The summed E-state index contributed by atoms with van der Waals surface area (Å²) >= 11 is 5.99. The number of piperidine rings is 1. The molecule has 0 spiro atoms. The van der Waals surface area contributed by atoms with E-state index in [0.29, 0.717) is 5.92 Å². The van der Waals surface area contributed by atoms with Crippen LogP contribution in [0.3, 0.4) is 0 Å². The predicted molar refractivity (Wildman–Crippen MR) is 120 cm³/mol. The van der Waals surface area contributed by atoms with Crippen molar-refractivity contribution >= 4 is 11.6 Å². The first-order valence-corrected chi connectivity index (χ1v) is 10.8. The molecule has 2 aromatic carbocycles. The number of rotatable bonds is 9. The van der Waals surface area contributed by atoms with E-state index < -0.39 is 0 Å². The van der Waals surface area contributed by atoms with E-state index in [1.54, 1.807) is 14.2 Å². The number of hydrogen-bond acceptors (Lipinski definition) is 4. The molecule has 0 aromatic heterocycles. The van der Waals surface area contributed by atoms with Gasteiger partial charge in [0.15, 0.2) is 11.5 Å². The molecule has 4 nitrogen and oxygen atoms in total. The molecule has 0 unspecified atom stereocenters. The molecule has 1 saturated heterocycles. The number of nitrogens with zero attached hydrogens (tertiary/aromatic N) is 2. The number of likely N-dealkylation sites (tertiary alicyclic amines) is 1. The van der Waals surface area contributed by atoms with Gasteiger partial charge in [-0.15, -0.1) is 0 Å². The van der Waals surface area contributed by atoms with Crippen molar-refractivity contribution in [2.75, 3.05) is 47.4 Å². The van der Waals surface area contributed by atoms with Crippen LogP contribution in [0.15, 0.2) is 42.5 Å². The Balaban J connectivity index is 1.50. The number of ether oxygens (including phenoxy) is 2. The monoisotopic (exact) mass is 416 g/mol. The van der Waals surface area contributed by atoms with Gasteiger partial charge in [0.05, 0.1) is 14.2 Å². The highest BCUT2D eigenvalue weighted by molar-refractivity contribution is 6.30. The zero-order valence-corrected chi connectivity index (χ0v) is 18.6. The second-order valence-electron chi connectivity index (χ2n) is 8.03. The maximum absolute atomic E-state index is 5.99. The van der Waals surface area contributed by atoms with Gasteiger partial charge in [-0.25, -0.2) is 0 Å². The van der Waals surface area contributed by atoms with Crippen molar-refractivity contribution in [2.45, 2.75) is 25.8 Å². The van der Waals surface area contributed by atoms with Crippen molar-refractivity contribution < 1.29 is 9.47 Å². The summed E-state index contributed by atoms with van der Waals surface area (Å²) in [5.74, 6) is 2.34. The van der Waals surface area contributed by atoms with Gasteiger partial charge in [0.25, 0.3) is 0 Å². The number of hydrogen-bond donors (Lipinski definition) is 0. The standard InChI is InChI=1S/C24H33ClN2O2/c1-26(18-21-7-4-8-23(28-2)24(21)29-3)16-20-6-5-14-27(17-20)15-13-19-9-11-22(25)12-10-19/h4,7-12,20H,5-6,13-18H2,1-3H3/t20-/m1/s1. The molecule has 0 aliphatic carbocycles. The van der Waals surface area contributed by atoms with Gasteiger partial charge >= 0.3 is 0 Å². The zero-order chi connectivity index (χ0) is 20.6. The van der Waals surface area contributed by atoms with Gasteiger partial charge < -0.3 is 19.3 Å². The summed E-state index contributed by atoms with van der Waals surface area (Å²) in [5, 5.41) is 0.808. The van der Waals surface area contributed by atoms with Gasteiger partial charge in [-0.2, -0.15) is 0 Å². The van der Waals surface area contributed by atoms with Crippen LogP contribution < -0.4 is 9.47 Å². The lowest BCUT2D eigenvalue weighted by Crippen LogP contribution is -2.40. The number of methoxy groups -OCH3 is 2. The minimum atomic E-state index is 0.704. The number of para-hydroxylation sites is 1. The van der Waals surface area contributed by atoms with E-state index in [-0.39, 0.29) is 0 Å². The molecule has 1 atom stereocenters. The third-order valence-electron chi connectivity index (χ3n) is 5.73. The highest BCUT2D eigenvalue weighted by atomic mass is 35.5. The van der Waals surface area contributed by atoms with Crippen molar-refractivity contribution in [3.63, 3.8) is 0 Å². The van der Waals surface area contributed by atoms with E-state index in [4.69, 9.17) is 21.1 Å². The van der Waals surface area contributed by atoms with Crippen LogP contribution in [-0.2, 0) is 13.0 Å². The van der Waals surface area contributed by atoms with Crippen molar-refractivity contribution in [3.8, 4) is 11.5 Å². The SMILES string of the molecule is COc1cccc(CN(C)C[C@H]2CCCN(CCc3ccc(Cl)cc3)C2)c1OC. The van der Waals surface area contributed by atoms with Crippen LogP contribution in [0, 0.1) is 5.92 Å². The molecule has 1 aliphatic heterocycles. The van der Waals surface area contributed by atoms with E-state index in [2.05, 4.69) is 35.0 Å². The third kappa shape index (κ3) is 6.36. The lowest BCUT2D eigenvalue weighted by Gasteiger charge is -2.35. The Morgan fingerprint density at radius 2 is 1.90 bits per heavy atom. The molecule has 2 aromatic rings. The number of halogens is 1. The molecular weight excluding hydrogens is 384 g/mol. The summed E-state index contributed by atoms with van der Waals surface area (Å²) in [6.07, 6.45) is 3.67. The fourth-order valence-electron chi connectivity index (χ4n) is 4.32. The summed E-state index contributed by atoms with van der Waals surface area (Å²) in [7, 11) is 5.60. The number of benzene rings is 2. The van der Waals surface area contributed by atoms with Crippen molar-refractivity contribution in [1.29, 1.82) is 0 Å². The molecule has 5 heteroatoms. The molecule has 1 heterocycles. The Hall–Kier alpha value is -1.75. The quantitative estimate of drug-likeness (QED) is 0.589. The first kappa shape index (κ1) is 21.9. The van der Waals surface area contributed by atoms with E-state index in [1.807, 2.05) is 24.3 Å². The Labute approximate surface area is 180 Å². The van der Waals surface area contributed by atoms with Crippen LogP contribution >= 0.6 is 11.6 Å². The van der Waals surface area contributed by atoms with Gasteiger partial charge in [0.2, 0.25) is 0 Å². The summed E-state index contributed by atoms with van der Waals surface area (Å²) in [6.45, 7) is 5.45. The normalized spacial score (nSPS) is 17.5. The summed E-state index contributed by atoms with van der Waals surface area (Å²) in [5.41, 5.74) is 2.53. The minimum absolute atomic E-state index is 0.704.